The van der Waals surface area contributed by atoms with Gasteiger partial charge >= 0.3 is 0 Å². The number of aromatic nitrogens is 5. The van der Waals surface area contributed by atoms with Gasteiger partial charge in [-0.15, -0.1) is 0 Å². The molecule has 0 radical (unpaired) electrons. The van der Waals surface area contributed by atoms with Gasteiger partial charge in [0.25, 0.3) is 5.89 Å². The van der Waals surface area contributed by atoms with Gasteiger partial charge in [0.1, 0.15) is 11.6 Å². The van der Waals surface area contributed by atoms with Gasteiger partial charge in [-0.1, -0.05) is 19.0 Å². The van der Waals surface area contributed by atoms with E-state index < -0.39 is 0 Å². The SMILES string of the molecule is CC(C)c1noc(-c2ccnc(N3CCCC(c4ncc[nH]4)C3)c2)n1. The Kier molecular flexibility index (Phi) is 4.21. The molecule has 3 aromatic rings. The van der Waals surface area contributed by atoms with Gasteiger partial charge in [0.05, 0.1) is 0 Å². The summed E-state index contributed by atoms with van der Waals surface area (Å²) in [5, 5.41) is 4.05. The van der Waals surface area contributed by atoms with E-state index in [0.717, 1.165) is 49.0 Å². The maximum Gasteiger partial charge on any atom is 0.258 e. The molecule has 1 saturated heterocycles. The number of pyridine rings is 1. The van der Waals surface area contributed by atoms with Gasteiger partial charge in [0.2, 0.25) is 0 Å². The lowest BCUT2D eigenvalue weighted by atomic mass is 9.97. The van der Waals surface area contributed by atoms with Crippen LogP contribution in [0.25, 0.3) is 11.5 Å². The Balaban J connectivity index is 1.56. The highest BCUT2D eigenvalue weighted by Gasteiger charge is 2.24. The smallest absolute Gasteiger partial charge is 0.258 e. The zero-order valence-electron chi connectivity index (χ0n) is 14.5. The fourth-order valence-electron chi connectivity index (χ4n) is 3.22. The fourth-order valence-corrected chi connectivity index (χ4v) is 3.22. The summed E-state index contributed by atoms with van der Waals surface area (Å²) >= 11 is 0. The number of hydrogen-bond donors (Lipinski definition) is 1. The molecular formula is C18H22N6O. The predicted octanol–water partition coefficient (Wildman–Crippen LogP) is 3.36. The lowest BCUT2D eigenvalue weighted by Gasteiger charge is -2.32. The lowest BCUT2D eigenvalue weighted by molar-refractivity contribution is 0.419. The second-order valence-electron chi connectivity index (χ2n) is 6.77. The Morgan fingerprint density at radius 1 is 1.28 bits per heavy atom. The number of hydrogen-bond acceptors (Lipinski definition) is 6. The fraction of sp³-hybridized carbons (Fsp3) is 0.444. The summed E-state index contributed by atoms with van der Waals surface area (Å²) in [6.07, 6.45) is 7.77. The number of imidazole rings is 1. The summed E-state index contributed by atoms with van der Waals surface area (Å²) in [6.45, 7) is 6.00. The molecule has 3 aromatic heterocycles. The van der Waals surface area contributed by atoms with Gasteiger partial charge in [-0.2, -0.15) is 4.98 Å². The van der Waals surface area contributed by atoms with Crippen molar-refractivity contribution in [2.24, 2.45) is 0 Å². The van der Waals surface area contributed by atoms with Crippen LogP contribution >= 0.6 is 0 Å². The molecule has 0 spiro atoms. The van der Waals surface area contributed by atoms with Crippen LogP contribution in [0.3, 0.4) is 0 Å². The summed E-state index contributed by atoms with van der Waals surface area (Å²) in [6, 6.07) is 3.94. The minimum absolute atomic E-state index is 0.245. The first-order chi connectivity index (χ1) is 12.2. The molecule has 0 aromatic carbocycles. The third-order valence-electron chi connectivity index (χ3n) is 4.60. The molecule has 0 bridgehead atoms. The predicted molar refractivity (Wildman–Crippen MR) is 94.4 cm³/mol. The van der Waals surface area contributed by atoms with Gasteiger partial charge in [-0.05, 0) is 25.0 Å². The van der Waals surface area contributed by atoms with Crippen LogP contribution in [0.2, 0.25) is 0 Å². The Bertz CT molecular complexity index is 826. The van der Waals surface area contributed by atoms with Crippen molar-refractivity contribution in [1.29, 1.82) is 0 Å². The molecule has 0 saturated carbocycles. The van der Waals surface area contributed by atoms with E-state index in [1.807, 2.05) is 24.5 Å². The number of aromatic amines is 1. The summed E-state index contributed by atoms with van der Waals surface area (Å²) in [7, 11) is 0. The molecule has 25 heavy (non-hydrogen) atoms. The molecular weight excluding hydrogens is 316 g/mol. The largest absolute Gasteiger partial charge is 0.356 e. The Morgan fingerprint density at radius 3 is 2.96 bits per heavy atom. The maximum absolute atomic E-state index is 5.41. The molecule has 1 N–H and O–H groups in total. The van der Waals surface area contributed by atoms with Crippen LogP contribution in [0.4, 0.5) is 5.82 Å². The van der Waals surface area contributed by atoms with E-state index in [2.05, 4.69) is 43.8 Å². The van der Waals surface area contributed by atoms with E-state index in [4.69, 9.17) is 4.52 Å². The summed E-state index contributed by atoms with van der Waals surface area (Å²) in [5.74, 6) is 3.92. The number of nitrogens with one attached hydrogen (secondary N) is 1. The zero-order chi connectivity index (χ0) is 17.2. The van der Waals surface area contributed by atoms with E-state index in [1.54, 1.807) is 6.20 Å². The molecule has 0 amide bonds. The van der Waals surface area contributed by atoms with Crippen molar-refractivity contribution in [3.05, 3.63) is 42.4 Å². The van der Waals surface area contributed by atoms with Crippen LogP contribution in [0.1, 0.15) is 50.2 Å². The highest BCUT2D eigenvalue weighted by atomic mass is 16.5. The molecule has 0 aliphatic carbocycles. The topological polar surface area (TPSA) is 83.7 Å². The molecule has 1 aliphatic rings. The molecule has 1 aliphatic heterocycles. The van der Waals surface area contributed by atoms with E-state index >= 15 is 0 Å². The van der Waals surface area contributed by atoms with Crippen LogP contribution < -0.4 is 4.90 Å². The molecule has 4 heterocycles. The maximum atomic E-state index is 5.41. The summed E-state index contributed by atoms with van der Waals surface area (Å²) in [5.41, 5.74) is 0.907. The molecule has 7 nitrogen and oxygen atoms in total. The quantitative estimate of drug-likeness (QED) is 0.785. The number of piperidine rings is 1. The van der Waals surface area contributed by atoms with Crippen molar-refractivity contribution in [2.45, 2.75) is 38.5 Å². The van der Waals surface area contributed by atoms with Crippen LogP contribution in [0.15, 0.2) is 35.2 Å². The van der Waals surface area contributed by atoms with Gasteiger partial charge in [-0.3, -0.25) is 0 Å². The monoisotopic (exact) mass is 338 g/mol. The Labute approximate surface area is 146 Å². The first-order valence-electron chi connectivity index (χ1n) is 8.75. The van der Waals surface area contributed by atoms with Gasteiger partial charge in [-0.25, -0.2) is 9.97 Å². The van der Waals surface area contributed by atoms with Gasteiger partial charge in [0, 0.05) is 49.1 Å². The van der Waals surface area contributed by atoms with Crippen LogP contribution in [0, 0.1) is 0 Å². The third kappa shape index (κ3) is 3.26. The van der Waals surface area contributed by atoms with Crippen molar-refractivity contribution in [2.75, 3.05) is 18.0 Å². The minimum atomic E-state index is 0.245. The van der Waals surface area contributed by atoms with E-state index in [9.17, 15) is 0 Å². The van der Waals surface area contributed by atoms with E-state index in [-0.39, 0.29) is 5.92 Å². The average molecular weight is 338 g/mol. The van der Waals surface area contributed by atoms with Crippen molar-refractivity contribution in [3.63, 3.8) is 0 Å². The molecule has 4 rings (SSSR count). The highest BCUT2D eigenvalue weighted by Crippen LogP contribution is 2.29. The molecule has 1 atom stereocenters. The summed E-state index contributed by atoms with van der Waals surface area (Å²) in [4.78, 5) is 19.0. The van der Waals surface area contributed by atoms with Crippen LogP contribution in [0.5, 0.6) is 0 Å². The van der Waals surface area contributed by atoms with Crippen LogP contribution in [-0.4, -0.2) is 38.2 Å². The van der Waals surface area contributed by atoms with E-state index in [1.165, 1.54) is 0 Å². The number of nitrogens with zero attached hydrogens (tertiary/aromatic N) is 5. The second-order valence-corrected chi connectivity index (χ2v) is 6.77. The van der Waals surface area contributed by atoms with Crippen molar-refractivity contribution in [3.8, 4) is 11.5 Å². The summed E-state index contributed by atoms with van der Waals surface area (Å²) < 4.78 is 5.41. The molecule has 1 fully saturated rings. The average Bonchev–Trinajstić information content (AvgIpc) is 3.34. The minimum Gasteiger partial charge on any atom is -0.356 e. The highest BCUT2D eigenvalue weighted by molar-refractivity contribution is 5.58. The van der Waals surface area contributed by atoms with Gasteiger partial charge in [0.15, 0.2) is 5.82 Å². The first kappa shape index (κ1) is 15.8. The third-order valence-corrected chi connectivity index (χ3v) is 4.60. The molecule has 1 unspecified atom stereocenters. The normalized spacial score (nSPS) is 18.0. The Morgan fingerprint density at radius 2 is 2.20 bits per heavy atom. The van der Waals surface area contributed by atoms with Gasteiger partial charge < -0.3 is 14.4 Å². The second kappa shape index (κ2) is 6.66. The number of H-pyrrole nitrogens is 1. The standard InChI is InChI=1S/C18H22N6O/c1-12(2)16-22-18(25-23-16)13-5-6-19-15(10-13)24-9-3-4-14(11-24)17-20-7-8-21-17/h5-8,10,12,14H,3-4,9,11H2,1-2H3,(H,20,21). The van der Waals surface area contributed by atoms with Crippen molar-refractivity contribution in [1.82, 2.24) is 25.1 Å². The zero-order valence-corrected chi connectivity index (χ0v) is 14.5. The number of anilines is 1. The lowest BCUT2D eigenvalue weighted by Crippen LogP contribution is -2.35. The van der Waals surface area contributed by atoms with E-state index in [0.29, 0.717) is 11.8 Å². The first-order valence-corrected chi connectivity index (χ1v) is 8.75. The molecule has 130 valence electrons. The van der Waals surface area contributed by atoms with Crippen molar-refractivity contribution >= 4 is 5.82 Å². The number of rotatable bonds is 4. The molecule has 7 heteroatoms. The Hall–Kier alpha value is -2.70. The van der Waals surface area contributed by atoms with Crippen LogP contribution in [-0.2, 0) is 0 Å². The van der Waals surface area contributed by atoms with Crippen molar-refractivity contribution < 1.29 is 4.52 Å².